The average Bonchev–Trinajstić information content (AvgIpc) is 2.43. The highest BCUT2D eigenvalue weighted by molar-refractivity contribution is 5.77. The van der Waals surface area contributed by atoms with Crippen molar-refractivity contribution in [2.45, 2.75) is 52.4 Å². The van der Waals surface area contributed by atoms with E-state index in [4.69, 9.17) is 5.73 Å². The molecule has 1 aliphatic rings. The summed E-state index contributed by atoms with van der Waals surface area (Å²) >= 11 is 0. The van der Waals surface area contributed by atoms with Gasteiger partial charge < -0.3 is 15.5 Å². The first-order chi connectivity index (χ1) is 9.88. The van der Waals surface area contributed by atoms with Gasteiger partial charge >= 0.3 is 0 Å². The monoisotopic (exact) mass is 297 g/mol. The standard InChI is InChI=1S/C17H35N3O/c1-15(2)13-20(11-10-19(3)4)16(21)12-17(14-18)8-6-5-7-9-17/h15H,5-14,18H2,1-4H3. The second-order valence-electron chi connectivity index (χ2n) is 7.48. The van der Waals surface area contributed by atoms with Crippen LogP contribution in [0.3, 0.4) is 0 Å². The minimum absolute atomic E-state index is 0.0721. The molecule has 4 heteroatoms. The summed E-state index contributed by atoms with van der Waals surface area (Å²) in [5, 5.41) is 0. The molecule has 1 aliphatic carbocycles. The maximum absolute atomic E-state index is 12.8. The Hall–Kier alpha value is -0.610. The van der Waals surface area contributed by atoms with Crippen molar-refractivity contribution >= 4 is 5.91 Å². The molecule has 2 N–H and O–H groups in total. The van der Waals surface area contributed by atoms with Gasteiger partial charge in [-0.2, -0.15) is 0 Å². The summed E-state index contributed by atoms with van der Waals surface area (Å²) in [5.74, 6) is 0.814. The van der Waals surface area contributed by atoms with Crippen molar-refractivity contribution in [1.29, 1.82) is 0 Å². The summed E-state index contributed by atoms with van der Waals surface area (Å²) in [6.07, 6.45) is 6.64. The van der Waals surface area contributed by atoms with Crippen LogP contribution in [0.25, 0.3) is 0 Å². The van der Waals surface area contributed by atoms with Crippen molar-refractivity contribution in [1.82, 2.24) is 9.80 Å². The van der Waals surface area contributed by atoms with Crippen LogP contribution in [0, 0.1) is 11.3 Å². The zero-order valence-corrected chi connectivity index (χ0v) is 14.5. The third-order valence-electron chi connectivity index (χ3n) is 4.63. The zero-order valence-electron chi connectivity index (χ0n) is 14.5. The first kappa shape index (κ1) is 18.4. The lowest BCUT2D eigenvalue weighted by atomic mass is 9.71. The van der Waals surface area contributed by atoms with Gasteiger partial charge in [0.05, 0.1) is 0 Å². The Morgan fingerprint density at radius 1 is 1.14 bits per heavy atom. The Morgan fingerprint density at radius 3 is 2.24 bits per heavy atom. The Labute approximate surface area is 131 Å². The SMILES string of the molecule is CC(C)CN(CCN(C)C)C(=O)CC1(CN)CCCCC1. The predicted molar refractivity (Wildman–Crippen MR) is 89.2 cm³/mol. The second kappa shape index (κ2) is 8.74. The molecule has 1 fully saturated rings. The van der Waals surface area contributed by atoms with E-state index in [1.54, 1.807) is 0 Å². The van der Waals surface area contributed by atoms with Crippen molar-refractivity contribution in [3.63, 3.8) is 0 Å². The van der Waals surface area contributed by atoms with Gasteiger partial charge in [0.1, 0.15) is 0 Å². The third-order valence-corrected chi connectivity index (χ3v) is 4.63. The minimum Gasteiger partial charge on any atom is -0.341 e. The summed E-state index contributed by atoms with van der Waals surface area (Å²) in [4.78, 5) is 17.0. The van der Waals surface area contributed by atoms with Gasteiger partial charge in [-0.05, 0) is 44.8 Å². The topological polar surface area (TPSA) is 49.6 Å². The summed E-state index contributed by atoms with van der Waals surface area (Å²) in [5.41, 5.74) is 6.10. The van der Waals surface area contributed by atoms with Crippen LogP contribution in [0.4, 0.5) is 0 Å². The molecule has 0 spiro atoms. The summed E-state index contributed by atoms with van der Waals surface area (Å²) in [7, 11) is 4.11. The van der Waals surface area contributed by atoms with E-state index >= 15 is 0 Å². The molecule has 1 amide bonds. The fraction of sp³-hybridized carbons (Fsp3) is 0.941. The predicted octanol–water partition coefficient (Wildman–Crippen LogP) is 2.33. The molecule has 0 aliphatic heterocycles. The van der Waals surface area contributed by atoms with E-state index in [1.165, 1.54) is 19.3 Å². The molecular weight excluding hydrogens is 262 g/mol. The van der Waals surface area contributed by atoms with Crippen LogP contribution in [-0.2, 0) is 4.79 Å². The van der Waals surface area contributed by atoms with Gasteiger partial charge in [-0.3, -0.25) is 4.79 Å². The fourth-order valence-corrected chi connectivity index (χ4v) is 3.27. The normalized spacial score (nSPS) is 18.2. The molecule has 0 unspecified atom stereocenters. The molecule has 0 heterocycles. The van der Waals surface area contributed by atoms with Gasteiger partial charge in [-0.1, -0.05) is 33.1 Å². The number of carbonyl (C=O) groups is 1. The van der Waals surface area contributed by atoms with Crippen LogP contribution in [0.5, 0.6) is 0 Å². The maximum atomic E-state index is 12.8. The lowest BCUT2D eigenvalue weighted by molar-refractivity contribution is -0.135. The van der Waals surface area contributed by atoms with Gasteiger partial charge in [0.25, 0.3) is 0 Å². The van der Waals surface area contributed by atoms with Crippen LogP contribution < -0.4 is 5.73 Å². The highest BCUT2D eigenvalue weighted by Gasteiger charge is 2.34. The average molecular weight is 297 g/mol. The number of likely N-dealkylation sites (N-methyl/N-ethyl adjacent to an activating group) is 1. The van der Waals surface area contributed by atoms with E-state index in [2.05, 4.69) is 37.7 Å². The Balaban J connectivity index is 2.64. The summed E-state index contributed by atoms with van der Waals surface area (Å²) in [6.45, 7) is 7.61. The van der Waals surface area contributed by atoms with Gasteiger partial charge in [-0.25, -0.2) is 0 Å². The number of nitrogens with two attached hydrogens (primary N) is 1. The van der Waals surface area contributed by atoms with E-state index in [0.717, 1.165) is 32.5 Å². The molecule has 4 nitrogen and oxygen atoms in total. The number of nitrogens with zero attached hydrogens (tertiary/aromatic N) is 2. The number of hydrogen-bond acceptors (Lipinski definition) is 3. The molecule has 21 heavy (non-hydrogen) atoms. The van der Waals surface area contributed by atoms with Crippen molar-refractivity contribution in [3.8, 4) is 0 Å². The summed E-state index contributed by atoms with van der Waals surface area (Å²) in [6, 6.07) is 0. The lowest BCUT2D eigenvalue weighted by Gasteiger charge is -2.38. The van der Waals surface area contributed by atoms with Gasteiger partial charge in [0.15, 0.2) is 0 Å². The maximum Gasteiger partial charge on any atom is 0.223 e. The first-order valence-electron chi connectivity index (χ1n) is 8.51. The van der Waals surface area contributed by atoms with Crippen LogP contribution in [0.15, 0.2) is 0 Å². The Bertz CT molecular complexity index is 309. The molecule has 124 valence electrons. The number of rotatable bonds is 8. The Morgan fingerprint density at radius 2 is 1.76 bits per heavy atom. The molecule has 0 aromatic heterocycles. The van der Waals surface area contributed by atoms with Crippen LogP contribution in [0.1, 0.15) is 52.4 Å². The number of hydrogen-bond donors (Lipinski definition) is 1. The first-order valence-corrected chi connectivity index (χ1v) is 8.51. The fourth-order valence-electron chi connectivity index (χ4n) is 3.27. The van der Waals surface area contributed by atoms with Crippen LogP contribution in [-0.4, -0.2) is 56.0 Å². The van der Waals surface area contributed by atoms with Crippen molar-refractivity contribution in [2.75, 3.05) is 40.3 Å². The molecule has 0 aromatic carbocycles. The number of amides is 1. The molecule has 1 rings (SSSR count). The zero-order chi connectivity index (χ0) is 15.9. The molecule has 0 bridgehead atoms. The van der Waals surface area contributed by atoms with E-state index < -0.39 is 0 Å². The molecule has 0 atom stereocenters. The van der Waals surface area contributed by atoms with E-state index in [0.29, 0.717) is 24.8 Å². The van der Waals surface area contributed by atoms with E-state index in [9.17, 15) is 4.79 Å². The molecule has 1 saturated carbocycles. The van der Waals surface area contributed by atoms with Gasteiger partial charge in [-0.15, -0.1) is 0 Å². The minimum atomic E-state index is 0.0721. The Kier molecular flexibility index (Phi) is 7.67. The van der Waals surface area contributed by atoms with Crippen LogP contribution >= 0.6 is 0 Å². The van der Waals surface area contributed by atoms with Crippen molar-refractivity contribution in [2.24, 2.45) is 17.1 Å². The molecule has 0 aromatic rings. The van der Waals surface area contributed by atoms with E-state index in [-0.39, 0.29) is 5.41 Å². The molecule has 0 saturated heterocycles. The van der Waals surface area contributed by atoms with E-state index in [1.807, 2.05) is 0 Å². The van der Waals surface area contributed by atoms with Crippen LogP contribution in [0.2, 0.25) is 0 Å². The van der Waals surface area contributed by atoms with Gasteiger partial charge in [0, 0.05) is 26.1 Å². The smallest absolute Gasteiger partial charge is 0.223 e. The highest BCUT2D eigenvalue weighted by Crippen LogP contribution is 2.38. The third kappa shape index (κ3) is 6.35. The molecule has 0 radical (unpaired) electrons. The summed E-state index contributed by atoms with van der Waals surface area (Å²) < 4.78 is 0. The highest BCUT2D eigenvalue weighted by atomic mass is 16.2. The lowest BCUT2D eigenvalue weighted by Crippen LogP contribution is -2.43. The van der Waals surface area contributed by atoms with Crippen molar-refractivity contribution < 1.29 is 4.79 Å². The largest absolute Gasteiger partial charge is 0.341 e. The molecular formula is C17H35N3O. The quantitative estimate of drug-likeness (QED) is 0.748. The van der Waals surface area contributed by atoms with Gasteiger partial charge in [0.2, 0.25) is 5.91 Å². The van der Waals surface area contributed by atoms with Crippen molar-refractivity contribution in [3.05, 3.63) is 0 Å². The second-order valence-corrected chi connectivity index (χ2v) is 7.48. The number of carbonyl (C=O) groups excluding carboxylic acids is 1.